The van der Waals surface area contributed by atoms with E-state index in [-0.39, 0.29) is 12.0 Å². The fourth-order valence-electron chi connectivity index (χ4n) is 2.89. The molecule has 2 aliphatic rings. The molecular weight excluding hydrogens is 206 g/mol. The number of likely N-dealkylation sites (tertiary alicyclic amines) is 1. The van der Waals surface area contributed by atoms with Crippen molar-refractivity contribution in [3.8, 4) is 0 Å². The molecule has 0 aromatic heterocycles. The second-order valence-electron chi connectivity index (χ2n) is 5.16. The molecule has 2 aliphatic heterocycles. The van der Waals surface area contributed by atoms with Gasteiger partial charge >= 0.3 is 5.97 Å². The van der Waals surface area contributed by atoms with Gasteiger partial charge in [-0.1, -0.05) is 13.8 Å². The minimum absolute atomic E-state index is 0.101. The Kier molecular flexibility index (Phi) is 3.22. The van der Waals surface area contributed by atoms with Crippen molar-refractivity contribution in [1.29, 1.82) is 0 Å². The molecule has 0 aromatic carbocycles. The highest BCUT2D eigenvalue weighted by Gasteiger charge is 2.48. The first-order chi connectivity index (χ1) is 7.62. The topological polar surface area (TPSA) is 49.8 Å². The van der Waals surface area contributed by atoms with Crippen molar-refractivity contribution in [2.24, 2.45) is 11.3 Å². The molecule has 2 rings (SSSR count). The summed E-state index contributed by atoms with van der Waals surface area (Å²) in [5.41, 5.74) is 0.436. The summed E-state index contributed by atoms with van der Waals surface area (Å²) in [5, 5.41) is 9.09. The maximum absolute atomic E-state index is 11.1. The molecule has 2 saturated heterocycles. The lowest BCUT2D eigenvalue weighted by Crippen LogP contribution is -2.61. The zero-order chi connectivity index (χ0) is 11.8. The highest BCUT2D eigenvalue weighted by Crippen LogP contribution is 2.40. The van der Waals surface area contributed by atoms with E-state index >= 15 is 0 Å². The van der Waals surface area contributed by atoms with Gasteiger partial charge < -0.3 is 9.84 Å². The minimum atomic E-state index is -0.715. The van der Waals surface area contributed by atoms with Gasteiger partial charge in [0.15, 0.2) is 0 Å². The summed E-state index contributed by atoms with van der Waals surface area (Å²) < 4.78 is 5.30. The first kappa shape index (κ1) is 11.9. The van der Waals surface area contributed by atoms with E-state index < -0.39 is 5.97 Å². The van der Waals surface area contributed by atoms with Crippen LogP contribution in [0.1, 0.15) is 26.7 Å². The number of carbonyl (C=O) groups is 1. The zero-order valence-electron chi connectivity index (χ0n) is 10.1. The molecule has 2 atom stereocenters. The van der Waals surface area contributed by atoms with Gasteiger partial charge in [0, 0.05) is 19.1 Å². The SMILES string of the molecule is CCC1(CC)CN(C2COCC2C(=O)O)C1. The molecule has 4 heteroatoms. The Labute approximate surface area is 96.6 Å². The molecule has 16 heavy (non-hydrogen) atoms. The van der Waals surface area contributed by atoms with Crippen molar-refractivity contribution in [3.63, 3.8) is 0 Å². The predicted molar refractivity (Wildman–Crippen MR) is 60.3 cm³/mol. The van der Waals surface area contributed by atoms with Crippen LogP contribution in [0.5, 0.6) is 0 Å². The molecule has 2 heterocycles. The van der Waals surface area contributed by atoms with E-state index in [1.165, 1.54) is 12.8 Å². The Morgan fingerprint density at radius 3 is 2.50 bits per heavy atom. The maximum Gasteiger partial charge on any atom is 0.310 e. The zero-order valence-corrected chi connectivity index (χ0v) is 10.1. The normalized spacial score (nSPS) is 33.6. The lowest BCUT2D eigenvalue weighted by molar-refractivity contribution is -0.145. The van der Waals surface area contributed by atoms with E-state index in [0.29, 0.717) is 18.6 Å². The van der Waals surface area contributed by atoms with Crippen LogP contribution in [0.4, 0.5) is 0 Å². The predicted octanol–water partition coefficient (Wildman–Crippen LogP) is 1.21. The van der Waals surface area contributed by atoms with E-state index in [0.717, 1.165) is 13.1 Å². The molecule has 2 unspecified atom stereocenters. The minimum Gasteiger partial charge on any atom is -0.481 e. The van der Waals surface area contributed by atoms with Crippen molar-refractivity contribution >= 4 is 5.97 Å². The molecule has 0 aliphatic carbocycles. The number of nitrogens with zero attached hydrogens (tertiary/aromatic N) is 1. The third-order valence-electron chi connectivity index (χ3n) is 4.41. The van der Waals surface area contributed by atoms with E-state index in [2.05, 4.69) is 18.7 Å². The number of rotatable bonds is 4. The maximum atomic E-state index is 11.1. The van der Waals surface area contributed by atoms with E-state index in [1.54, 1.807) is 0 Å². The highest BCUT2D eigenvalue weighted by atomic mass is 16.5. The van der Waals surface area contributed by atoms with Crippen LogP contribution in [0.2, 0.25) is 0 Å². The molecule has 0 spiro atoms. The Hall–Kier alpha value is -0.610. The lowest BCUT2D eigenvalue weighted by Gasteiger charge is -2.52. The Morgan fingerprint density at radius 2 is 2.00 bits per heavy atom. The third kappa shape index (κ3) is 1.84. The van der Waals surface area contributed by atoms with E-state index in [1.807, 2.05) is 0 Å². The largest absolute Gasteiger partial charge is 0.481 e. The first-order valence-corrected chi connectivity index (χ1v) is 6.16. The second-order valence-corrected chi connectivity index (χ2v) is 5.16. The Morgan fingerprint density at radius 1 is 1.38 bits per heavy atom. The lowest BCUT2D eigenvalue weighted by atomic mass is 9.74. The summed E-state index contributed by atoms with van der Waals surface area (Å²) in [7, 11) is 0. The van der Waals surface area contributed by atoms with Gasteiger partial charge in [-0.25, -0.2) is 0 Å². The highest BCUT2D eigenvalue weighted by molar-refractivity contribution is 5.71. The van der Waals surface area contributed by atoms with Crippen LogP contribution in [-0.4, -0.2) is 48.3 Å². The monoisotopic (exact) mass is 227 g/mol. The van der Waals surface area contributed by atoms with Gasteiger partial charge in [0.25, 0.3) is 0 Å². The number of hydrogen-bond donors (Lipinski definition) is 1. The van der Waals surface area contributed by atoms with Crippen molar-refractivity contribution in [1.82, 2.24) is 4.90 Å². The number of aliphatic carboxylic acids is 1. The quantitative estimate of drug-likeness (QED) is 0.784. The van der Waals surface area contributed by atoms with Gasteiger partial charge in [-0.15, -0.1) is 0 Å². The molecule has 0 bridgehead atoms. The van der Waals surface area contributed by atoms with Crippen LogP contribution < -0.4 is 0 Å². The molecule has 0 radical (unpaired) electrons. The summed E-state index contributed by atoms with van der Waals surface area (Å²) in [6, 6.07) is 0.101. The van der Waals surface area contributed by atoms with Gasteiger partial charge in [-0.2, -0.15) is 0 Å². The van der Waals surface area contributed by atoms with Gasteiger partial charge in [-0.05, 0) is 18.3 Å². The molecule has 2 fully saturated rings. The smallest absolute Gasteiger partial charge is 0.310 e. The molecule has 1 N–H and O–H groups in total. The number of carboxylic acids is 1. The Balaban J connectivity index is 1.94. The molecule has 92 valence electrons. The first-order valence-electron chi connectivity index (χ1n) is 6.16. The molecule has 4 nitrogen and oxygen atoms in total. The van der Waals surface area contributed by atoms with Crippen molar-refractivity contribution in [2.75, 3.05) is 26.3 Å². The average molecular weight is 227 g/mol. The standard InChI is InChI=1S/C12H21NO3/c1-3-12(4-2)7-13(8-12)10-6-16-5-9(10)11(14)15/h9-10H,3-8H2,1-2H3,(H,14,15). The van der Waals surface area contributed by atoms with Crippen molar-refractivity contribution < 1.29 is 14.6 Å². The van der Waals surface area contributed by atoms with Crippen LogP contribution in [0.3, 0.4) is 0 Å². The second kappa shape index (κ2) is 4.34. The van der Waals surface area contributed by atoms with Gasteiger partial charge in [0.05, 0.1) is 19.1 Å². The fourth-order valence-corrected chi connectivity index (χ4v) is 2.89. The number of ether oxygens (including phenoxy) is 1. The molecule has 0 saturated carbocycles. The third-order valence-corrected chi connectivity index (χ3v) is 4.41. The van der Waals surface area contributed by atoms with Gasteiger partial charge in [0.1, 0.15) is 0 Å². The van der Waals surface area contributed by atoms with E-state index in [9.17, 15) is 4.79 Å². The van der Waals surface area contributed by atoms with Gasteiger partial charge in [-0.3, -0.25) is 9.69 Å². The summed E-state index contributed by atoms with van der Waals surface area (Å²) in [4.78, 5) is 13.3. The molecule has 0 aromatic rings. The Bertz CT molecular complexity index is 267. The number of hydrogen-bond acceptors (Lipinski definition) is 3. The molecule has 0 amide bonds. The summed E-state index contributed by atoms with van der Waals surface area (Å²) >= 11 is 0. The fraction of sp³-hybridized carbons (Fsp3) is 0.917. The van der Waals surface area contributed by atoms with Crippen molar-refractivity contribution in [3.05, 3.63) is 0 Å². The summed E-state index contributed by atoms with van der Waals surface area (Å²) in [6.07, 6.45) is 2.37. The summed E-state index contributed by atoms with van der Waals surface area (Å²) in [6.45, 7) is 7.49. The summed E-state index contributed by atoms with van der Waals surface area (Å²) in [5.74, 6) is -1.04. The van der Waals surface area contributed by atoms with Crippen molar-refractivity contribution in [2.45, 2.75) is 32.7 Å². The van der Waals surface area contributed by atoms with Gasteiger partial charge in [0.2, 0.25) is 0 Å². The average Bonchev–Trinajstić information content (AvgIpc) is 2.66. The van der Waals surface area contributed by atoms with E-state index in [4.69, 9.17) is 9.84 Å². The van der Waals surface area contributed by atoms with Crippen LogP contribution >= 0.6 is 0 Å². The van der Waals surface area contributed by atoms with Crippen LogP contribution in [-0.2, 0) is 9.53 Å². The van der Waals surface area contributed by atoms with Crippen LogP contribution in [0.15, 0.2) is 0 Å². The molecular formula is C12H21NO3. The van der Waals surface area contributed by atoms with Crippen LogP contribution in [0.25, 0.3) is 0 Å². The number of carboxylic acid groups (broad SMARTS) is 1. The van der Waals surface area contributed by atoms with Crippen LogP contribution in [0, 0.1) is 11.3 Å².